The molecule has 4 nitrogen and oxygen atoms in total. The van der Waals surface area contributed by atoms with Gasteiger partial charge in [0.1, 0.15) is 0 Å². The van der Waals surface area contributed by atoms with Crippen LogP contribution in [0.5, 0.6) is 0 Å². The Kier molecular flexibility index (Phi) is 5.18. The fourth-order valence-electron chi connectivity index (χ4n) is 2.75. The largest absolute Gasteiger partial charge is 0.316 e. The van der Waals surface area contributed by atoms with Gasteiger partial charge in [0.25, 0.3) is 0 Å². The second kappa shape index (κ2) is 6.70. The Morgan fingerprint density at radius 1 is 1.15 bits per heavy atom. The van der Waals surface area contributed by atoms with E-state index in [0.717, 1.165) is 31.4 Å². The molecule has 112 valence electrons. The molecule has 0 aliphatic heterocycles. The Morgan fingerprint density at radius 2 is 1.80 bits per heavy atom. The van der Waals surface area contributed by atoms with Crippen LogP contribution in [0.15, 0.2) is 29.2 Å². The van der Waals surface area contributed by atoms with E-state index in [9.17, 15) is 8.42 Å². The van der Waals surface area contributed by atoms with Crippen molar-refractivity contribution < 1.29 is 8.42 Å². The zero-order valence-corrected chi connectivity index (χ0v) is 13.0. The monoisotopic (exact) mass is 296 g/mol. The van der Waals surface area contributed by atoms with E-state index in [1.807, 2.05) is 19.2 Å². The van der Waals surface area contributed by atoms with E-state index in [2.05, 4.69) is 17.0 Å². The number of nitrogens with one attached hydrogen (secondary N) is 2. The molecule has 1 aromatic carbocycles. The van der Waals surface area contributed by atoms with Crippen LogP contribution in [0, 0.1) is 5.92 Å². The van der Waals surface area contributed by atoms with Crippen LogP contribution in [0.2, 0.25) is 0 Å². The number of sulfonamides is 1. The molecular weight excluding hydrogens is 272 g/mol. The summed E-state index contributed by atoms with van der Waals surface area (Å²) in [5.74, 6) is 0.419. The Bertz CT molecular complexity index is 525. The Labute approximate surface area is 122 Å². The van der Waals surface area contributed by atoms with Crippen LogP contribution in [-0.2, 0) is 16.6 Å². The van der Waals surface area contributed by atoms with Gasteiger partial charge in [-0.25, -0.2) is 13.1 Å². The van der Waals surface area contributed by atoms with Crippen molar-refractivity contribution in [3.05, 3.63) is 29.8 Å². The lowest BCUT2D eigenvalue weighted by atomic mass is 9.87. The molecule has 0 aromatic heterocycles. The summed E-state index contributed by atoms with van der Waals surface area (Å²) in [6, 6.07) is 7.15. The quantitative estimate of drug-likeness (QED) is 0.876. The van der Waals surface area contributed by atoms with Crippen LogP contribution in [0.1, 0.15) is 38.2 Å². The first-order chi connectivity index (χ1) is 9.53. The van der Waals surface area contributed by atoms with Crippen molar-refractivity contribution in [3.8, 4) is 0 Å². The van der Waals surface area contributed by atoms with Gasteiger partial charge >= 0.3 is 0 Å². The second-order valence-electron chi connectivity index (χ2n) is 5.66. The first kappa shape index (κ1) is 15.5. The molecule has 1 aromatic rings. The van der Waals surface area contributed by atoms with Crippen molar-refractivity contribution in [3.63, 3.8) is 0 Å². The van der Waals surface area contributed by atoms with Crippen molar-refractivity contribution >= 4 is 10.0 Å². The normalized spacial score (nSPS) is 23.7. The minimum absolute atomic E-state index is 0.0748. The minimum atomic E-state index is -3.39. The van der Waals surface area contributed by atoms with Crippen LogP contribution in [-0.4, -0.2) is 21.5 Å². The maximum absolute atomic E-state index is 12.4. The van der Waals surface area contributed by atoms with Crippen LogP contribution < -0.4 is 10.0 Å². The van der Waals surface area contributed by atoms with Gasteiger partial charge in [0, 0.05) is 12.6 Å². The summed E-state index contributed by atoms with van der Waals surface area (Å²) in [5, 5.41) is 3.05. The van der Waals surface area contributed by atoms with Crippen LogP contribution in [0.25, 0.3) is 0 Å². The molecule has 20 heavy (non-hydrogen) atoms. The minimum Gasteiger partial charge on any atom is -0.316 e. The summed E-state index contributed by atoms with van der Waals surface area (Å²) in [6.45, 7) is 2.87. The van der Waals surface area contributed by atoms with Crippen molar-refractivity contribution in [1.82, 2.24) is 10.0 Å². The highest BCUT2D eigenvalue weighted by molar-refractivity contribution is 7.89. The predicted molar refractivity (Wildman–Crippen MR) is 80.9 cm³/mol. The Morgan fingerprint density at radius 3 is 2.40 bits per heavy atom. The molecule has 2 N–H and O–H groups in total. The van der Waals surface area contributed by atoms with Gasteiger partial charge in [0.05, 0.1) is 4.90 Å². The second-order valence-corrected chi connectivity index (χ2v) is 7.38. The number of rotatable bonds is 5. The molecule has 0 amide bonds. The lowest BCUT2D eigenvalue weighted by Gasteiger charge is -2.29. The van der Waals surface area contributed by atoms with Crippen LogP contribution >= 0.6 is 0 Å². The Balaban J connectivity index is 2.09. The maximum Gasteiger partial charge on any atom is 0.240 e. The molecule has 0 saturated heterocycles. The first-order valence-corrected chi connectivity index (χ1v) is 8.77. The number of benzene rings is 1. The van der Waals surface area contributed by atoms with Gasteiger partial charge in [-0.1, -0.05) is 31.9 Å². The number of hydrogen-bond donors (Lipinski definition) is 2. The fraction of sp³-hybridized carbons (Fsp3) is 0.600. The van der Waals surface area contributed by atoms with Gasteiger partial charge in [-0.15, -0.1) is 0 Å². The van der Waals surface area contributed by atoms with Gasteiger partial charge in [0.2, 0.25) is 10.0 Å². The van der Waals surface area contributed by atoms with E-state index in [4.69, 9.17) is 0 Å². The molecule has 2 atom stereocenters. The molecule has 2 unspecified atom stereocenters. The summed E-state index contributed by atoms with van der Waals surface area (Å²) in [5.41, 5.74) is 1.08. The smallest absolute Gasteiger partial charge is 0.240 e. The third kappa shape index (κ3) is 3.81. The molecular formula is C15H24N2O2S. The molecule has 0 heterocycles. The van der Waals surface area contributed by atoms with E-state index in [0.29, 0.717) is 10.8 Å². The van der Waals surface area contributed by atoms with Gasteiger partial charge in [-0.05, 0) is 43.5 Å². The van der Waals surface area contributed by atoms with Gasteiger partial charge in [-0.3, -0.25) is 0 Å². The fourth-order valence-corrected chi connectivity index (χ4v) is 4.13. The molecule has 5 heteroatoms. The Hall–Kier alpha value is -0.910. The lowest BCUT2D eigenvalue weighted by molar-refractivity contribution is 0.310. The average Bonchev–Trinajstić information content (AvgIpc) is 2.42. The molecule has 1 fully saturated rings. The maximum atomic E-state index is 12.4. The lowest BCUT2D eigenvalue weighted by Crippen LogP contribution is -2.40. The van der Waals surface area contributed by atoms with Crippen LogP contribution in [0.3, 0.4) is 0 Å². The summed E-state index contributed by atoms with van der Waals surface area (Å²) >= 11 is 0. The molecule has 2 rings (SSSR count). The van der Waals surface area contributed by atoms with Gasteiger partial charge in [0.15, 0.2) is 0 Å². The van der Waals surface area contributed by atoms with Crippen molar-refractivity contribution in [2.24, 2.45) is 5.92 Å². The SMILES string of the molecule is CNCc1ccc(S(=O)(=O)NC2CCCCC2C)cc1. The molecule has 1 saturated carbocycles. The first-order valence-electron chi connectivity index (χ1n) is 7.29. The average molecular weight is 296 g/mol. The summed E-state index contributed by atoms with van der Waals surface area (Å²) in [6.07, 6.45) is 4.36. The third-order valence-electron chi connectivity index (χ3n) is 4.03. The summed E-state index contributed by atoms with van der Waals surface area (Å²) < 4.78 is 27.6. The summed E-state index contributed by atoms with van der Waals surface area (Å²) in [7, 11) is -1.52. The van der Waals surface area contributed by atoms with E-state index in [-0.39, 0.29) is 6.04 Å². The van der Waals surface area contributed by atoms with E-state index < -0.39 is 10.0 Å². The standard InChI is InChI=1S/C15H24N2O2S/c1-12-5-3-4-6-15(12)17-20(18,19)14-9-7-13(8-10-14)11-16-2/h7-10,12,15-17H,3-6,11H2,1-2H3. The topological polar surface area (TPSA) is 58.2 Å². The third-order valence-corrected chi connectivity index (χ3v) is 5.54. The van der Waals surface area contributed by atoms with Crippen molar-refractivity contribution in [1.29, 1.82) is 0 Å². The number of hydrogen-bond acceptors (Lipinski definition) is 3. The van der Waals surface area contributed by atoms with E-state index >= 15 is 0 Å². The van der Waals surface area contributed by atoms with Gasteiger partial charge in [-0.2, -0.15) is 0 Å². The highest BCUT2D eigenvalue weighted by Gasteiger charge is 2.26. The molecule has 0 radical (unpaired) electrons. The molecule has 1 aliphatic carbocycles. The highest BCUT2D eigenvalue weighted by atomic mass is 32.2. The van der Waals surface area contributed by atoms with E-state index in [1.165, 1.54) is 6.42 Å². The van der Waals surface area contributed by atoms with Crippen molar-refractivity contribution in [2.75, 3.05) is 7.05 Å². The molecule has 1 aliphatic rings. The molecule has 0 spiro atoms. The highest BCUT2D eigenvalue weighted by Crippen LogP contribution is 2.25. The van der Waals surface area contributed by atoms with Crippen LogP contribution in [0.4, 0.5) is 0 Å². The van der Waals surface area contributed by atoms with E-state index in [1.54, 1.807) is 12.1 Å². The predicted octanol–water partition coefficient (Wildman–Crippen LogP) is 2.26. The molecule has 0 bridgehead atoms. The van der Waals surface area contributed by atoms with Gasteiger partial charge < -0.3 is 5.32 Å². The van der Waals surface area contributed by atoms with Crippen molar-refractivity contribution in [2.45, 2.75) is 50.1 Å². The summed E-state index contributed by atoms with van der Waals surface area (Å²) in [4.78, 5) is 0.357. The zero-order chi connectivity index (χ0) is 14.6. The zero-order valence-electron chi connectivity index (χ0n) is 12.2.